The molecule has 104 valence electrons. The Morgan fingerprint density at radius 2 is 2.00 bits per heavy atom. The van der Waals surface area contributed by atoms with E-state index in [4.69, 9.17) is 16.0 Å². The first-order chi connectivity index (χ1) is 10.1. The van der Waals surface area contributed by atoms with E-state index in [-0.39, 0.29) is 5.75 Å². The van der Waals surface area contributed by atoms with E-state index in [1.54, 1.807) is 18.2 Å². The number of rotatable bonds is 0. The molecule has 0 fully saturated rings. The van der Waals surface area contributed by atoms with E-state index in [1.165, 1.54) is 12.1 Å². The minimum absolute atomic E-state index is 0.0306. The van der Waals surface area contributed by atoms with Crippen molar-refractivity contribution < 1.29 is 9.52 Å². The molecule has 1 N–H and O–H groups in total. The molecule has 3 nitrogen and oxygen atoms in total. The average Bonchev–Trinajstić information content (AvgIpc) is 2.46. The molecule has 2 aromatic carbocycles. The van der Waals surface area contributed by atoms with Gasteiger partial charge in [0.2, 0.25) is 0 Å². The second-order valence-corrected chi connectivity index (χ2v) is 4.95. The fourth-order valence-electron chi connectivity index (χ4n) is 2.25. The van der Waals surface area contributed by atoms with Crippen LogP contribution in [0.15, 0.2) is 39.5 Å². The third-order valence-electron chi connectivity index (χ3n) is 3.20. The van der Waals surface area contributed by atoms with Gasteiger partial charge in [-0.15, -0.1) is 0 Å². The van der Waals surface area contributed by atoms with Crippen molar-refractivity contribution >= 4 is 33.3 Å². The van der Waals surface area contributed by atoms with Gasteiger partial charge in [0, 0.05) is 28.8 Å². The van der Waals surface area contributed by atoms with Crippen molar-refractivity contribution in [3.63, 3.8) is 0 Å². The van der Waals surface area contributed by atoms with E-state index in [0.29, 0.717) is 32.3 Å². The molecular weight excluding hydrogens is 288 g/mol. The first-order valence-electron chi connectivity index (χ1n) is 6.48. The van der Waals surface area contributed by atoms with Crippen LogP contribution in [0.1, 0.15) is 18.9 Å². The largest absolute Gasteiger partial charge is 0.508 e. The highest BCUT2D eigenvalue weighted by Crippen LogP contribution is 2.32. The van der Waals surface area contributed by atoms with Crippen molar-refractivity contribution in [1.82, 2.24) is 0 Å². The Morgan fingerprint density at radius 1 is 1.24 bits per heavy atom. The summed E-state index contributed by atoms with van der Waals surface area (Å²) in [5.41, 5.74) is 0.487. The standard InChI is InChI=1S/C17H11ClO3/c1-2-3-4-10-5-7-13-15(16(10)18)12-8-6-11(19)9-14(12)21-17(13)20/h5-9,19H,2H2,1H3. The Bertz CT molecular complexity index is 974. The Labute approximate surface area is 125 Å². The van der Waals surface area contributed by atoms with E-state index in [2.05, 4.69) is 11.8 Å². The molecule has 21 heavy (non-hydrogen) atoms. The van der Waals surface area contributed by atoms with Gasteiger partial charge < -0.3 is 9.52 Å². The summed E-state index contributed by atoms with van der Waals surface area (Å²) in [7, 11) is 0. The molecule has 3 aromatic rings. The first kappa shape index (κ1) is 13.5. The van der Waals surface area contributed by atoms with E-state index in [9.17, 15) is 9.90 Å². The number of hydrogen-bond acceptors (Lipinski definition) is 3. The van der Waals surface area contributed by atoms with Gasteiger partial charge in [0.1, 0.15) is 11.3 Å². The highest BCUT2D eigenvalue weighted by atomic mass is 35.5. The Balaban J connectivity index is 2.50. The predicted octanol–water partition coefficient (Wildman–Crippen LogP) is 4.07. The highest BCUT2D eigenvalue weighted by molar-refractivity contribution is 6.38. The lowest BCUT2D eigenvalue weighted by Gasteiger charge is -2.06. The number of aromatic hydroxyl groups is 1. The van der Waals surface area contributed by atoms with E-state index < -0.39 is 5.63 Å². The minimum Gasteiger partial charge on any atom is -0.508 e. The molecular formula is C17H11ClO3. The smallest absolute Gasteiger partial charge is 0.344 e. The van der Waals surface area contributed by atoms with Crippen LogP contribution in [-0.2, 0) is 0 Å². The quantitative estimate of drug-likeness (QED) is 0.387. The molecule has 0 unspecified atom stereocenters. The van der Waals surface area contributed by atoms with Crippen LogP contribution in [0.4, 0.5) is 0 Å². The minimum atomic E-state index is -0.486. The molecule has 0 radical (unpaired) electrons. The van der Waals surface area contributed by atoms with Gasteiger partial charge in [0.15, 0.2) is 0 Å². The first-order valence-corrected chi connectivity index (χ1v) is 6.86. The summed E-state index contributed by atoms with van der Waals surface area (Å²) in [5, 5.41) is 11.6. The van der Waals surface area contributed by atoms with E-state index >= 15 is 0 Å². The van der Waals surface area contributed by atoms with Crippen molar-refractivity contribution in [2.75, 3.05) is 0 Å². The summed E-state index contributed by atoms with van der Waals surface area (Å²) < 4.78 is 5.22. The zero-order valence-corrected chi connectivity index (χ0v) is 12.0. The molecule has 0 aliphatic carbocycles. The third kappa shape index (κ3) is 2.24. The number of phenols is 1. The summed E-state index contributed by atoms with van der Waals surface area (Å²) in [6, 6.07) is 7.99. The van der Waals surface area contributed by atoms with Crippen LogP contribution in [0, 0.1) is 11.8 Å². The number of fused-ring (bicyclic) bond motifs is 3. The van der Waals surface area contributed by atoms with Gasteiger partial charge in [-0.25, -0.2) is 4.79 Å². The third-order valence-corrected chi connectivity index (χ3v) is 3.59. The monoisotopic (exact) mass is 298 g/mol. The Kier molecular flexibility index (Phi) is 3.32. The summed E-state index contributed by atoms with van der Waals surface area (Å²) >= 11 is 6.42. The lowest BCUT2D eigenvalue weighted by molar-refractivity contribution is 0.473. The van der Waals surface area contributed by atoms with Crippen molar-refractivity contribution in [1.29, 1.82) is 0 Å². The molecule has 0 saturated heterocycles. The maximum atomic E-state index is 12.0. The maximum absolute atomic E-state index is 12.0. The molecule has 3 rings (SSSR count). The maximum Gasteiger partial charge on any atom is 0.344 e. The molecule has 4 heteroatoms. The van der Waals surface area contributed by atoms with Crippen LogP contribution in [0.25, 0.3) is 21.7 Å². The number of halogens is 1. The van der Waals surface area contributed by atoms with Crippen LogP contribution in [0.5, 0.6) is 5.75 Å². The van der Waals surface area contributed by atoms with Crippen LogP contribution in [-0.4, -0.2) is 5.11 Å². The van der Waals surface area contributed by atoms with Gasteiger partial charge in [0.25, 0.3) is 0 Å². The normalized spacial score (nSPS) is 10.6. The lowest BCUT2D eigenvalue weighted by atomic mass is 10.0. The summed E-state index contributed by atoms with van der Waals surface area (Å²) in [4.78, 5) is 12.0. The van der Waals surface area contributed by atoms with Crippen molar-refractivity contribution in [3.8, 4) is 17.6 Å². The van der Waals surface area contributed by atoms with Gasteiger partial charge in [0.05, 0.1) is 10.4 Å². The van der Waals surface area contributed by atoms with Crippen molar-refractivity contribution in [3.05, 3.63) is 51.3 Å². The molecule has 0 saturated carbocycles. The zero-order valence-electron chi connectivity index (χ0n) is 11.2. The van der Waals surface area contributed by atoms with E-state index in [1.807, 2.05) is 6.92 Å². The molecule has 1 aromatic heterocycles. The molecule has 0 atom stereocenters. The fraction of sp³-hybridized carbons (Fsp3) is 0.118. The Morgan fingerprint density at radius 3 is 2.76 bits per heavy atom. The topological polar surface area (TPSA) is 50.4 Å². The van der Waals surface area contributed by atoms with Gasteiger partial charge >= 0.3 is 5.63 Å². The number of benzene rings is 2. The van der Waals surface area contributed by atoms with Crippen LogP contribution in [0.3, 0.4) is 0 Å². The SMILES string of the molecule is CCC#Cc1ccc2c(=O)oc3cc(O)ccc3c2c1Cl. The molecule has 0 aliphatic heterocycles. The second kappa shape index (κ2) is 5.16. The van der Waals surface area contributed by atoms with Crippen molar-refractivity contribution in [2.24, 2.45) is 0 Å². The average molecular weight is 299 g/mol. The predicted molar refractivity (Wildman–Crippen MR) is 83.8 cm³/mol. The molecule has 0 bridgehead atoms. The second-order valence-electron chi connectivity index (χ2n) is 4.57. The van der Waals surface area contributed by atoms with Crippen LogP contribution in [0.2, 0.25) is 5.02 Å². The number of phenolic OH excluding ortho intramolecular Hbond substituents is 1. The van der Waals surface area contributed by atoms with Crippen LogP contribution < -0.4 is 5.63 Å². The fourth-order valence-corrected chi connectivity index (χ4v) is 2.56. The molecule has 0 aliphatic rings. The van der Waals surface area contributed by atoms with E-state index in [0.717, 1.165) is 6.42 Å². The lowest BCUT2D eigenvalue weighted by Crippen LogP contribution is -2.00. The summed E-state index contributed by atoms with van der Waals surface area (Å²) in [5.74, 6) is 5.98. The van der Waals surface area contributed by atoms with Gasteiger partial charge in [-0.1, -0.05) is 30.4 Å². The highest BCUT2D eigenvalue weighted by Gasteiger charge is 2.13. The van der Waals surface area contributed by atoms with Crippen molar-refractivity contribution in [2.45, 2.75) is 13.3 Å². The molecule has 0 amide bonds. The zero-order chi connectivity index (χ0) is 15.0. The van der Waals surface area contributed by atoms with Gasteiger partial charge in [-0.3, -0.25) is 0 Å². The van der Waals surface area contributed by atoms with Crippen LogP contribution >= 0.6 is 11.6 Å². The van der Waals surface area contributed by atoms with Gasteiger partial charge in [-0.2, -0.15) is 0 Å². The Hall–Kier alpha value is -2.44. The summed E-state index contributed by atoms with van der Waals surface area (Å²) in [6.07, 6.45) is 0.722. The van der Waals surface area contributed by atoms with Gasteiger partial charge in [-0.05, 0) is 24.3 Å². The summed E-state index contributed by atoms with van der Waals surface area (Å²) in [6.45, 7) is 1.95. The number of hydrogen-bond donors (Lipinski definition) is 1. The molecule has 1 heterocycles. The molecule has 0 spiro atoms.